The second kappa shape index (κ2) is 10.7. The number of halogens is 2. The molecule has 4 rings (SSSR count). The minimum Gasteiger partial charge on any atom is -0.501 e. The molecule has 0 bridgehead atoms. The molecule has 0 saturated heterocycles. The van der Waals surface area contributed by atoms with Crippen molar-refractivity contribution < 1.29 is 4.74 Å². The smallest absolute Gasteiger partial charge is 0.163 e. The molecule has 0 saturated carbocycles. The maximum atomic E-state index is 6.23. The lowest BCUT2D eigenvalue weighted by molar-refractivity contribution is 0.281. The first-order valence-electron chi connectivity index (χ1n) is 10.9. The van der Waals surface area contributed by atoms with E-state index in [0.717, 1.165) is 45.5 Å². The van der Waals surface area contributed by atoms with Gasteiger partial charge in [0.05, 0.1) is 18.4 Å². The number of hydrogen-bond acceptors (Lipinski definition) is 5. The lowest BCUT2D eigenvalue weighted by Crippen LogP contribution is -2.00. The Bertz CT molecular complexity index is 1360. The number of rotatable bonds is 7. The Hall–Kier alpha value is -3.41. The number of allylic oxidation sites excluding steroid dienone is 4. The van der Waals surface area contributed by atoms with Gasteiger partial charge >= 0.3 is 0 Å². The first kappa shape index (κ1) is 23.7. The Morgan fingerprint density at radius 1 is 1.06 bits per heavy atom. The van der Waals surface area contributed by atoms with E-state index >= 15 is 0 Å². The van der Waals surface area contributed by atoms with Crippen LogP contribution in [0.2, 0.25) is 10.0 Å². The van der Waals surface area contributed by atoms with Crippen molar-refractivity contribution in [2.75, 3.05) is 12.4 Å². The molecular formula is C27H24Cl2N4O. The third-order valence-electron chi connectivity index (χ3n) is 5.31. The number of benzene rings is 2. The van der Waals surface area contributed by atoms with Crippen LogP contribution in [0.25, 0.3) is 27.9 Å². The highest BCUT2D eigenvalue weighted by atomic mass is 35.5. The van der Waals surface area contributed by atoms with E-state index in [9.17, 15) is 0 Å². The van der Waals surface area contributed by atoms with Crippen molar-refractivity contribution in [2.24, 2.45) is 0 Å². The van der Waals surface area contributed by atoms with E-state index in [0.29, 0.717) is 21.7 Å². The van der Waals surface area contributed by atoms with Crippen molar-refractivity contribution >= 4 is 51.2 Å². The van der Waals surface area contributed by atoms with Gasteiger partial charge in [-0.3, -0.25) is 4.98 Å². The normalized spacial score (nSPS) is 12.1. The van der Waals surface area contributed by atoms with E-state index in [2.05, 4.69) is 41.5 Å². The zero-order valence-corrected chi connectivity index (χ0v) is 20.7. The maximum Gasteiger partial charge on any atom is 0.163 e. The Balaban J connectivity index is 1.89. The van der Waals surface area contributed by atoms with Gasteiger partial charge in [-0.1, -0.05) is 42.3 Å². The van der Waals surface area contributed by atoms with E-state index in [1.165, 1.54) is 0 Å². The Kier molecular flexibility index (Phi) is 7.46. The van der Waals surface area contributed by atoms with Gasteiger partial charge in [0.1, 0.15) is 5.82 Å². The van der Waals surface area contributed by atoms with Crippen molar-refractivity contribution in [1.82, 2.24) is 15.0 Å². The number of methoxy groups -OCH3 is 1. The first-order chi connectivity index (χ1) is 16.5. The van der Waals surface area contributed by atoms with Crippen LogP contribution in [0.5, 0.6) is 0 Å². The van der Waals surface area contributed by atoms with Crippen LogP contribution in [0, 0.1) is 0 Å². The van der Waals surface area contributed by atoms with Gasteiger partial charge in [0.15, 0.2) is 5.82 Å². The topological polar surface area (TPSA) is 59.9 Å². The molecule has 0 atom stereocenters. The highest BCUT2D eigenvalue weighted by molar-refractivity contribution is 6.35. The molecule has 2 aromatic heterocycles. The van der Waals surface area contributed by atoms with Gasteiger partial charge in [-0.15, -0.1) is 0 Å². The van der Waals surface area contributed by atoms with Gasteiger partial charge < -0.3 is 10.1 Å². The molecule has 7 heteroatoms. The average molecular weight is 491 g/mol. The summed E-state index contributed by atoms with van der Waals surface area (Å²) in [5, 5.41) is 5.32. The number of pyridine rings is 1. The van der Waals surface area contributed by atoms with Gasteiger partial charge in [-0.2, -0.15) is 0 Å². The Morgan fingerprint density at radius 3 is 2.50 bits per heavy atom. The zero-order chi connectivity index (χ0) is 24.1. The largest absolute Gasteiger partial charge is 0.501 e. The summed E-state index contributed by atoms with van der Waals surface area (Å²) in [6.45, 7) is 4.07. The molecule has 0 fully saturated rings. The van der Waals surface area contributed by atoms with Gasteiger partial charge in [-0.05, 0) is 66.6 Å². The van der Waals surface area contributed by atoms with Gasteiger partial charge in [0.25, 0.3) is 0 Å². The average Bonchev–Trinajstić information content (AvgIpc) is 2.84. The summed E-state index contributed by atoms with van der Waals surface area (Å²) in [7, 11) is 1.69. The number of fused-ring (bicyclic) bond motifs is 1. The van der Waals surface area contributed by atoms with Gasteiger partial charge in [0.2, 0.25) is 0 Å². The molecule has 0 aliphatic heterocycles. The highest BCUT2D eigenvalue weighted by Gasteiger charge is 2.13. The minimum absolute atomic E-state index is 0.537. The maximum absolute atomic E-state index is 6.23. The van der Waals surface area contributed by atoms with E-state index < -0.39 is 0 Å². The van der Waals surface area contributed by atoms with Crippen molar-refractivity contribution in [2.45, 2.75) is 20.3 Å². The fourth-order valence-corrected chi connectivity index (χ4v) is 4.13. The van der Waals surface area contributed by atoms with Crippen LogP contribution in [0.3, 0.4) is 0 Å². The number of ether oxygens (including phenoxy) is 1. The molecule has 0 aliphatic rings. The summed E-state index contributed by atoms with van der Waals surface area (Å²) < 4.78 is 5.48. The lowest BCUT2D eigenvalue weighted by Gasteiger charge is -2.13. The summed E-state index contributed by atoms with van der Waals surface area (Å²) in [6.07, 6.45) is 8.39. The summed E-state index contributed by atoms with van der Waals surface area (Å²) in [5.74, 6) is 2.12. The third-order valence-corrected chi connectivity index (χ3v) is 5.75. The fourth-order valence-electron chi connectivity index (χ4n) is 3.60. The van der Waals surface area contributed by atoms with Gasteiger partial charge in [0, 0.05) is 45.5 Å². The van der Waals surface area contributed by atoms with Crippen molar-refractivity contribution in [3.05, 3.63) is 94.4 Å². The molecule has 34 heavy (non-hydrogen) atoms. The van der Waals surface area contributed by atoms with Gasteiger partial charge in [-0.25, -0.2) is 9.97 Å². The monoisotopic (exact) mass is 490 g/mol. The van der Waals surface area contributed by atoms with E-state index in [-0.39, 0.29) is 0 Å². The SMILES string of the molecule is C/C=C(\C=C(/CC)OC)c1ccc2nc(-c3cccnc3)nc(Nc3cc(Cl)cc(Cl)c3)c2c1. The Morgan fingerprint density at radius 2 is 1.85 bits per heavy atom. The quantitative estimate of drug-likeness (QED) is 0.209. The van der Waals surface area contributed by atoms with Crippen molar-refractivity contribution in [1.29, 1.82) is 0 Å². The van der Waals surface area contributed by atoms with E-state index in [4.69, 9.17) is 37.9 Å². The summed E-state index contributed by atoms with van der Waals surface area (Å²) in [6, 6.07) is 15.2. The molecule has 2 heterocycles. The number of nitrogens with one attached hydrogen (secondary N) is 1. The predicted molar refractivity (Wildman–Crippen MR) is 142 cm³/mol. The highest BCUT2D eigenvalue weighted by Crippen LogP contribution is 2.32. The van der Waals surface area contributed by atoms with Crippen LogP contribution in [0.15, 0.2) is 78.8 Å². The Labute approximate surface area is 209 Å². The second-order valence-corrected chi connectivity index (χ2v) is 8.44. The zero-order valence-electron chi connectivity index (χ0n) is 19.1. The lowest BCUT2D eigenvalue weighted by atomic mass is 10.0. The third kappa shape index (κ3) is 5.38. The van der Waals surface area contributed by atoms with Crippen LogP contribution >= 0.6 is 23.2 Å². The molecule has 5 nitrogen and oxygen atoms in total. The number of hydrogen-bond donors (Lipinski definition) is 1. The molecule has 0 radical (unpaired) electrons. The molecule has 0 unspecified atom stereocenters. The summed E-state index contributed by atoms with van der Waals surface area (Å²) >= 11 is 12.5. The molecule has 0 aliphatic carbocycles. The fraction of sp³-hybridized carbons (Fsp3) is 0.148. The molecule has 2 aromatic carbocycles. The summed E-state index contributed by atoms with van der Waals surface area (Å²) in [4.78, 5) is 13.8. The van der Waals surface area contributed by atoms with Crippen molar-refractivity contribution in [3.63, 3.8) is 0 Å². The minimum atomic E-state index is 0.537. The van der Waals surface area contributed by atoms with Crippen LogP contribution in [0.4, 0.5) is 11.5 Å². The van der Waals surface area contributed by atoms with Crippen LogP contribution in [-0.4, -0.2) is 22.1 Å². The van der Waals surface area contributed by atoms with Crippen LogP contribution < -0.4 is 5.32 Å². The molecule has 4 aromatic rings. The number of aromatic nitrogens is 3. The number of anilines is 2. The molecular weight excluding hydrogens is 467 g/mol. The van der Waals surface area contributed by atoms with E-state index in [1.807, 2.05) is 25.1 Å². The molecule has 1 N–H and O–H groups in total. The van der Waals surface area contributed by atoms with Crippen LogP contribution in [-0.2, 0) is 4.74 Å². The van der Waals surface area contributed by atoms with Crippen LogP contribution in [0.1, 0.15) is 25.8 Å². The first-order valence-corrected chi connectivity index (χ1v) is 11.6. The summed E-state index contributed by atoms with van der Waals surface area (Å²) in [5.41, 5.74) is 4.44. The van der Waals surface area contributed by atoms with E-state index in [1.54, 1.807) is 37.7 Å². The molecule has 0 spiro atoms. The standard InChI is InChI=1S/C27H24Cl2N4O/c1-4-17(11-23(5-2)34-3)18-8-9-25-24(12-18)27(31-22-14-20(28)13-21(29)15-22)33-26(32-25)19-7-6-10-30-16-19/h4,6-16H,5H2,1-3H3,(H,31,32,33)/b17-4+,23-11+. The molecule has 0 amide bonds. The predicted octanol–water partition coefficient (Wildman–Crippen LogP) is 8.09. The second-order valence-electron chi connectivity index (χ2n) is 7.56. The number of nitrogens with zero attached hydrogens (tertiary/aromatic N) is 3. The van der Waals surface area contributed by atoms with Crippen molar-refractivity contribution in [3.8, 4) is 11.4 Å². The molecule has 172 valence electrons.